The Morgan fingerprint density at radius 1 is 1.17 bits per heavy atom. The van der Waals surface area contributed by atoms with Crippen molar-refractivity contribution in [1.82, 2.24) is 5.32 Å². The monoisotopic (exact) mass is 341 g/mol. The van der Waals surface area contributed by atoms with Gasteiger partial charge in [0, 0.05) is 22.5 Å². The lowest BCUT2D eigenvalue weighted by Gasteiger charge is -2.23. The zero-order valence-electron chi connectivity index (χ0n) is 13.1. The number of ether oxygens (including phenoxy) is 1. The lowest BCUT2D eigenvalue weighted by molar-refractivity contribution is -0.0506. The van der Waals surface area contributed by atoms with Gasteiger partial charge in [0.25, 0.3) is 0 Å². The fourth-order valence-electron chi connectivity index (χ4n) is 2.56. The van der Waals surface area contributed by atoms with Crippen LogP contribution < -0.4 is 10.1 Å². The van der Waals surface area contributed by atoms with Gasteiger partial charge < -0.3 is 15.2 Å². The van der Waals surface area contributed by atoms with Gasteiger partial charge in [0.15, 0.2) is 0 Å². The van der Waals surface area contributed by atoms with E-state index >= 15 is 0 Å². The van der Waals surface area contributed by atoms with Gasteiger partial charge in [-0.05, 0) is 37.8 Å². The molecule has 23 heavy (non-hydrogen) atoms. The maximum Gasteiger partial charge on any atom is 0.387 e. The molecule has 1 aromatic carbocycles. The summed E-state index contributed by atoms with van der Waals surface area (Å²) in [5.41, 5.74) is 0.672. The SMILES string of the molecule is CC(CC(O)c1cccs1)NC(C)c1ccccc1OC(F)F. The normalized spacial score (nSPS) is 15.4. The first-order valence-electron chi connectivity index (χ1n) is 7.48. The molecule has 126 valence electrons. The third kappa shape index (κ3) is 5.27. The summed E-state index contributed by atoms with van der Waals surface area (Å²) in [6, 6.07) is 10.4. The Kier molecular flexibility index (Phi) is 6.50. The fourth-order valence-corrected chi connectivity index (χ4v) is 3.28. The molecule has 2 rings (SSSR count). The van der Waals surface area contributed by atoms with Gasteiger partial charge in [0.2, 0.25) is 0 Å². The Hall–Kier alpha value is -1.50. The summed E-state index contributed by atoms with van der Waals surface area (Å²) in [7, 11) is 0. The van der Waals surface area contributed by atoms with Gasteiger partial charge >= 0.3 is 6.61 Å². The zero-order chi connectivity index (χ0) is 16.8. The largest absolute Gasteiger partial charge is 0.434 e. The molecular formula is C17H21F2NO2S. The first kappa shape index (κ1) is 17.8. The van der Waals surface area contributed by atoms with E-state index in [1.807, 2.05) is 31.4 Å². The molecule has 0 bridgehead atoms. The van der Waals surface area contributed by atoms with E-state index in [-0.39, 0.29) is 17.8 Å². The molecule has 0 fully saturated rings. The molecule has 0 saturated carbocycles. The van der Waals surface area contributed by atoms with Gasteiger partial charge in [-0.15, -0.1) is 11.3 Å². The number of halogens is 2. The van der Waals surface area contributed by atoms with Crippen LogP contribution in [0.2, 0.25) is 0 Å². The molecule has 1 heterocycles. The lowest BCUT2D eigenvalue weighted by Crippen LogP contribution is -2.30. The quantitative estimate of drug-likeness (QED) is 0.742. The van der Waals surface area contributed by atoms with E-state index in [0.29, 0.717) is 12.0 Å². The number of hydrogen-bond acceptors (Lipinski definition) is 4. The minimum Gasteiger partial charge on any atom is -0.434 e. The van der Waals surface area contributed by atoms with Gasteiger partial charge in [0.05, 0.1) is 6.10 Å². The molecule has 2 N–H and O–H groups in total. The summed E-state index contributed by atoms with van der Waals surface area (Å²) in [6.45, 7) is 1.01. The van der Waals surface area contributed by atoms with Crippen molar-refractivity contribution < 1.29 is 18.6 Å². The van der Waals surface area contributed by atoms with E-state index < -0.39 is 12.7 Å². The van der Waals surface area contributed by atoms with E-state index in [9.17, 15) is 13.9 Å². The van der Waals surface area contributed by atoms with Crippen molar-refractivity contribution in [3.8, 4) is 5.75 Å². The molecule has 3 atom stereocenters. The second kappa shape index (κ2) is 8.38. The average Bonchev–Trinajstić information content (AvgIpc) is 3.01. The number of alkyl halides is 2. The molecule has 6 heteroatoms. The lowest BCUT2D eigenvalue weighted by atomic mass is 10.0. The summed E-state index contributed by atoms with van der Waals surface area (Å²) >= 11 is 1.52. The molecule has 0 aliphatic carbocycles. The molecule has 2 aromatic rings. The Morgan fingerprint density at radius 2 is 1.91 bits per heavy atom. The van der Waals surface area contributed by atoms with Crippen molar-refractivity contribution in [3.63, 3.8) is 0 Å². The number of nitrogens with one attached hydrogen (secondary N) is 1. The van der Waals surface area contributed by atoms with Crippen LogP contribution in [0, 0.1) is 0 Å². The topological polar surface area (TPSA) is 41.5 Å². The van der Waals surface area contributed by atoms with Gasteiger partial charge in [-0.25, -0.2) is 0 Å². The number of aliphatic hydroxyl groups excluding tert-OH is 1. The summed E-state index contributed by atoms with van der Waals surface area (Å²) in [4.78, 5) is 0.924. The maximum atomic E-state index is 12.5. The van der Waals surface area contributed by atoms with Crippen LogP contribution in [0.25, 0.3) is 0 Å². The van der Waals surface area contributed by atoms with Crippen molar-refractivity contribution in [2.45, 2.75) is 45.1 Å². The van der Waals surface area contributed by atoms with Crippen LogP contribution >= 0.6 is 11.3 Å². The Labute approximate surface area is 138 Å². The highest BCUT2D eigenvalue weighted by Crippen LogP contribution is 2.28. The Morgan fingerprint density at radius 3 is 2.57 bits per heavy atom. The average molecular weight is 341 g/mol. The van der Waals surface area contributed by atoms with Gasteiger partial charge in [-0.3, -0.25) is 0 Å². The molecule has 0 spiro atoms. The van der Waals surface area contributed by atoms with Crippen molar-refractivity contribution in [1.29, 1.82) is 0 Å². The van der Waals surface area contributed by atoms with Crippen LogP contribution in [-0.2, 0) is 0 Å². The summed E-state index contributed by atoms with van der Waals surface area (Å²) in [5, 5.41) is 15.4. The van der Waals surface area contributed by atoms with Crippen LogP contribution in [0.15, 0.2) is 41.8 Å². The molecule has 0 saturated heterocycles. The third-order valence-electron chi connectivity index (χ3n) is 3.58. The summed E-state index contributed by atoms with van der Waals surface area (Å²) < 4.78 is 29.5. The van der Waals surface area contributed by atoms with Crippen LogP contribution in [-0.4, -0.2) is 17.8 Å². The smallest absolute Gasteiger partial charge is 0.387 e. The molecule has 0 aliphatic heterocycles. The second-order valence-corrected chi connectivity index (χ2v) is 6.45. The van der Waals surface area contributed by atoms with Gasteiger partial charge in [-0.2, -0.15) is 8.78 Å². The Bertz CT molecular complexity index is 592. The standard InChI is InChI=1S/C17H21F2NO2S/c1-11(10-14(21)16-8-5-9-23-16)20-12(2)13-6-3-4-7-15(13)22-17(18)19/h3-9,11-12,14,17,20-21H,10H2,1-2H3. The third-order valence-corrected chi connectivity index (χ3v) is 4.56. The summed E-state index contributed by atoms with van der Waals surface area (Å²) in [5.74, 6) is 0.175. The minimum atomic E-state index is -2.85. The van der Waals surface area contributed by atoms with E-state index in [1.165, 1.54) is 17.4 Å². The van der Waals surface area contributed by atoms with Gasteiger partial charge in [0.1, 0.15) is 5.75 Å². The highest BCUT2D eigenvalue weighted by Gasteiger charge is 2.18. The van der Waals surface area contributed by atoms with Gasteiger partial charge in [-0.1, -0.05) is 24.3 Å². The minimum absolute atomic E-state index is 0.0155. The molecule has 1 aromatic heterocycles. The van der Waals surface area contributed by atoms with E-state index in [1.54, 1.807) is 18.2 Å². The highest BCUT2D eigenvalue weighted by atomic mass is 32.1. The summed E-state index contributed by atoms with van der Waals surface area (Å²) in [6.07, 6.45) is 0.0141. The number of benzene rings is 1. The number of thiophene rings is 1. The molecule has 3 unspecified atom stereocenters. The molecule has 3 nitrogen and oxygen atoms in total. The first-order chi connectivity index (χ1) is 11.0. The Balaban J connectivity index is 1.97. The fraction of sp³-hybridized carbons (Fsp3) is 0.412. The highest BCUT2D eigenvalue weighted by molar-refractivity contribution is 7.10. The van der Waals surface area contributed by atoms with E-state index in [2.05, 4.69) is 10.1 Å². The van der Waals surface area contributed by atoms with E-state index in [4.69, 9.17) is 0 Å². The van der Waals surface area contributed by atoms with E-state index in [0.717, 1.165) is 4.88 Å². The number of hydrogen-bond donors (Lipinski definition) is 2. The van der Waals surface area contributed by atoms with Crippen molar-refractivity contribution >= 4 is 11.3 Å². The van der Waals surface area contributed by atoms with Crippen LogP contribution in [0.1, 0.15) is 42.9 Å². The van der Waals surface area contributed by atoms with Crippen molar-refractivity contribution in [3.05, 3.63) is 52.2 Å². The van der Waals surface area contributed by atoms with Crippen molar-refractivity contribution in [2.24, 2.45) is 0 Å². The molecule has 0 radical (unpaired) electrons. The number of rotatable bonds is 8. The number of aliphatic hydroxyl groups is 1. The second-order valence-electron chi connectivity index (χ2n) is 5.47. The molecule has 0 aliphatic rings. The van der Waals surface area contributed by atoms with Crippen molar-refractivity contribution in [2.75, 3.05) is 0 Å². The molecular weight excluding hydrogens is 320 g/mol. The maximum absolute atomic E-state index is 12.5. The zero-order valence-corrected chi connectivity index (χ0v) is 13.9. The van der Waals surface area contributed by atoms with Crippen LogP contribution in [0.5, 0.6) is 5.75 Å². The molecule has 0 amide bonds. The number of para-hydroxylation sites is 1. The first-order valence-corrected chi connectivity index (χ1v) is 8.36. The van der Waals surface area contributed by atoms with Crippen LogP contribution in [0.4, 0.5) is 8.78 Å². The predicted octanol–water partition coefficient (Wildman–Crippen LogP) is 4.51. The predicted molar refractivity (Wildman–Crippen MR) is 88.0 cm³/mol. The van der Waals surface area contributed by atoms with Crippen LogP contribution in [0.3, 0.4) is 0 Å².